The van der Waals surface area contributed by atoms with Crippen molar-refractivity contribution in [3.05, 3.63) is 10.7 Å². The quantitative estimate of drug-likeness (QED) is 0.568. The zero-order valence-corrected chi connectivity index (χ0v) is 7.81. The molecule has 0 aromatic heterocycles. The van der Waals surface area contributed by atoms with Gasteiger partial charge in [-0.05, 0) is 6.26 Å². The van der Waals surface area contributed by atoms with Gasteiger partial charge in [0.05, 0.1) is 11.7 Å². The Labute approximate surface area is 71.0 Å². The number of rotatable bonds is 2. The molecule has 62 valence electrons. The van der Waals surface area contributed by atoms with Crippen LogP contribution in [0.15, 0.2) is 10.7 Å². The van der Waals surface area contributed by atoms with Crippen molar-refractivity contribution in [2.24, 2.45) is 0 Å². The molecule has 1 aliphatic heterocycles. The molecule has 0 saturated heterocycles. The maximum Gasteiger partial charge on any atom is 0.168 e. The van der Waals surface area contributed by atoms with E-state index >= 15 is 0 Å². The average molecular weight is 172 g/mol. The summed E-state index contributed by atoms with van der Waals surface area (Å²) in [5.41, 5.74) is 0.792. The van der Waals surface area contributed by atoms with E-state index in [1.165, 1.54) is 0 Å². The molecule has 0 aromatic rings. The summed E-state index contributed by atoms with van der Waals surface area (Å²) >= 11 is 1.61. The van der Waals surface area contributed by atoms with Gasteiger partial charge in [0.15, 0.2) is 6.29 Å². The topological polar surface area (TPSA) is 23.6 Å². The van der Waals surface area contributed by atoms with E-state index in [-0.39, 0.29) is 0 Å². The molecule has 0 bridgehead atoms. The monoisotopic (exact) mass is 172 g/mol. The molecular formula is C7H12N2OS. The van der Waals surface area contributed by atoms with Crippen molar-refractivity contribution in [3.8, 4) is 0 Å². The molecule has 0 amide bonds. The van der Waals surface area contributed by atoms with Gasteiger partial charge in [-0.2, -0.15) is 0 Å². The number of nitrogens with zero attached hydrogens (tertiary/aromatic N) is 2. The van der Waals surface area contributed by atoms with Gasteiger partial charge in [-0.15, -0.1) is 11.8 Å². The average Bonchev–Trinajstić information content (AvgIpc) is 2.24. The fraction of sp³-hybridized carbons (Fsp3) is 0.571. The largest absolute Gasteiger partial charge is 0.352 e. The Morgan fingerprint density at radius 3 is 2.45 bits per heavy atom. The van der Waals surface area contributed by atoms with Gasteiger partial charge in [-0.25, -0.2) is 0 Å². The van der Waals surface area contributed by atoms with Crippen molar-refractivity contribution in [1.29, 1.82) is 0 Å². The fourth-order valence-corrected chi connectivity index (χ4v) is 2.00. The fourth-order valence-electron chi connectivity index (χ4n) is 1.22. The normalized spacial score (nSPS) is 18.1. The molecule has 0 aliphatic carbocycles. The molecule has 4 heteroatoms. The lowest BCUT2D eigenvalue weighted by atomic mass is 10.5. The molecule has 11 heavy (non-hydrogen) atoms. The minimum atomic E-state index is 0.792. The van der Waals surface area contributed by atoms with Gasteiger partial charge >= 0.3 is 0 Å². The second-order valence-corrected chi connectivity index (χ2v) is 3.34. The molecular weight excluding hydrogens is 160 g/mol. The molecule has 3 nitrogen and oxygen atoms in total. The maximum atomic E-state index is 10.6. The van der Waals surface area contributed by atoms with Gasteiger partial charge in [-0.3, -0.25) is 4.79 Å². The third-order valence-corrected chi connectivity index (χ3v) is 2.61. The summed E-state index contributed by atoms with van der Waals surface area (Å²) < 4.78 is 0. The van der Waals surface area contributed by atoms with E-state index in [4.69, 9.17) is 0 Å². The highest BCUT2D eigenvalue weighted by molar-refractivity contribution is 8.02. The minimum absolute atomic E-state index is 0.792. The molecule has 0 fully saturated rings. The number of allylic oxidation sites excluding steroid dienone is 1. The van der Waals surface area contributed by atoms with Crippen molar-refractivity contribution in [3.63, 3.8) is 0 Å². The first kappa shape index (κ1) is 8.46. The van der Waals surface area contributed by atoms with Crippen molar-refractivity contribution >= 4 is 18.0 Å². The highest BCUT2D eigenvalue weighted by Gasteiger charge is 2.22. The van der Waals surface area contributed by atoms with Crippen LogP contribution in [-0.4, -0.2) is 43.1 Å². The lowest BCUT2D eigenvalue weighted by Gasteiger charge is -2.14. The number of carbonyl (C=O) groups excluding carboxylic acids is 1. The van der Waals surface area contributed by atoms with E-state index in [1.54, 1.807) is 11.8 Å². The second-order valence-electron chi connectivity index (χ2n) is 2.55. The first-order valence-electron chi connectivity index (χ1n) is 3.36. The number of hydrogen-bond acceptors (Lipinski definition) is 4. The van der Waals surface area contributed by atoms with Crippen LogP contribution in [0.5, 0.6) is 0 Å². The zero-order valence-electron chi connectivity index (χ0n) is 7.00. The zero-order chi connectivity index (χ0) is 8.43. The summed E-state index contributed by atoms with van der Waals surface area (Å²) in [7, 11) is 3.91. The van der Waals surface area contributed by atoms with Gasteiger partial charge < -0.3 is 9.80 Å². The van der Waals surface area contributed by atoms with E-state index in [9.17, 15) is 4.79 Å². The molecule has 0 spiro atoms. The van der Waals surface area contributed by atoms with Gasteiger partial charge in [0.2, 0.25) is 0 Å². The molecule has 1 rings (SSSR count). The number of hydrogen-bond donors (Lipinski definition) is 0. The number of aldehydes is 1. The lowest BCUT2D eigenvalue weighted by molar-refractivity contribution is -0.105. The molecule has 1 aliphatic rings. The van der Waals surface area contributed by atoms with Gasteiger partial charge in [0.1, 0.15) is 5.70 Å². The van der Waals surface area contributed by atoms with Crippen LogP contribution in [0.1, 0.15) is 0 Å². The van der Waals surface area contributed by atoms with Crippen LogP contribution in [0.4, 0.5) is 0 Å². The maximum absolute atomic E-state index is 10.6. The molecule has 0 unspecified atom stereocenters. The van der Waals surface area contributed by atoms with Crippen molar-refractivity contribution in [1.82, 2.24) is 9.80 Å². The van der Waals surface area contributed by atoms with Crippen LogP contribution in [0, 0.1) is 0 Å². The van der Waals surface area contributed by atoms with Crippen LogP contribution < -0.4 is 0 Å². The minimum Gasteiger partial charge on any atom is -0.352 e. The van der Waals surface area contributed by atoms with Crippen LogP contribution in [0.25, 0.3) is 0 Å². The van der Waals surface area contributed by atoms with E-state index < -0.39 is 0 Å². The standard InChI is InChI=1S/C7H12N2OS/c1-8-5-9(2)7(11-3)6(8)4-10/h4H,5H2,1-3H3. The highest BCUT2D eigenvalue weighted by atomic mass is 32.2. The Balaban J connectivity index is 2.92. The first-order valence-corrected chi connectivity index (χ1v) is 4.59. The predicted molar refractivity (Wildman–Crippen MR) is 47.0 cm³/mol. The Morgan fingerprint density at radius 1 is 1.45 bits per heavy atom. The van der Waals surface area contributed by atoms with E-state index in [0.29, 0.717) is 0 Å². The third kappa shape index (κ3) is 1.35. The number of carbonyl (C=O) groups is 1. The summed E-state index contributed by atoms with van der Waals surface area (Å²) in [5, 5.41) is 1.06. The van der Waals surface area contributed by atoms with Crippen molar-refractivity contribution in [2.75, 3.05) is 27.0 Å². The molecule has 0 saturated carbocycles. The summed E-state index contributed by atoms with van der Waals surface area (Å²) in [6, 6.07) is 0. The Morgan fingerprint density at radius 2 is 2.09 bits per heavy atom. The van der Waals surface area contributed by atoms with E-state index in [0.717, 1.165) is 23.7 Å². The van der Waals surface area contributed by atoms with Gasteiger partial charge in [0.25, 0.3) is 0 Å². The molecule has 0 aromatic carbocycles. The van der Waals surface area contributed by atoms with Crippen molar-refractivity contribution < 1.29 is 4.79 Å². The first-order chi connectivity index (χ1) is 5.20. The summed E-state index contributed by atoms with van der Waals surface area (Å²) in [4.78, 5) is 14.6. The molecule has 0 N–H and O–H groups in total. The van der Waals surface area contributed by atoms with E-state index in [2.05, 4.69) is 4.90 Å². The molecule has 0 radical (unpaired) electrons. The van der Waals surface area contributed by atoms with Crippen LogP contribution in [-0.2, 0) is 4.79 Å². The highest BCUT2D eigenvalue weighted by Crippen LogP contribution is 2.26. The second kappa shape index (κ2) is 3.17. The van der Waals surface area contributed by atoms with Crippen LogP contribution in [0.3, 0.4) is 0 Å². The third-order valence-electron chi connectivity index (χ3n) is 1.71. The van der Waals surface area contributed by atoms with Gasteiger partial charge in [-0.1, -0.05) is 0 Å². The summed E-state index contributed by atoms with van der Waals surface area (Å²) in [6.45, 7) is 0.810. The smallest absolute Gasteiger partial charge is 0.168 e. The Hall–Kier alpha value is -0.640. The van der Waals surface area contributed by atoms with E-state index in [1.807, 2.05) is 25.3 Å². The summed E-state index contributed by atoms with van der Waals surface area (Å²) in [6.07, 6.45) is 2.89. The Bertz CT molecular complexity index is 203. The summed E-state index contributed by atoms with van der Waals surface area (Å²) in [5.74, 6) is 0. The van der Waals surface area contributed by atoms with Crippen LogP contribution >= 0.6 is 11.8 Å². The molecule has 1 heterocycles. The number of likely N-dealkylation sites (N-methyl/N-ethyl adjacent to an activating group) is 1. The lowest BCUT2D eigenvalue weighted by Crippen LogP contribution is -2.21. The predicted octanol–water partition coefficient (Wildman–Crippen LogP) is 0.552. The van der Waals surface area contributed by atoms with Crippen molar-refractivity contribution in [2.45, 2.75) is 0 Å². The SMILES string of the molecule is CSC1=C(C=O)N(C)CN1C. The Kier molecular flexibility index (Phi) is 2.44. The van der Waals surface area contributed by atoms with Gasteiger partial charge in [0, 0.05) is 14.1 Å². The van der Waals surface area contributed by atoms with Crippen LogP contribution in [0.2, 0.25) is 0 Å². The molecule has 0 atom stereocenters. The number of thioether (sulfide) groups is 1.